The van der Waals surface area contributed by atoms with Gasteiger partial charge in [-0.25, -0.2) is 0 Å². The highest BCUT2D eigenvalue weighted by atomic mass is 32.1. The monoisotopic (exact) mass is 275 g/mol. The van der Waals surface area contributed by atoms with Gasteiger partial charge in [0.15, 0.2) is 0 Å². The molecule has 0 aliphatic carbocycles. The number of rotatable bonds is 2. The van der Waals surface area contributed by atoms with Gasteiger partial charge in [-0.3, -0.25) is 19.3 Å². The SMILES string of the molecule is Nc1cccc2c1C(=O)N(Cc1csc(=O)[nH]1)C2=O. The summed E-state index contributed by atoms with van der Waals surface area (Å²) >= 11 is 0.992. The van der Waals surface area contributed by atoms with E-state index in [1.54, 1.807) is 23.6 Å². The number of nitrogens with one attached hydrogen (secondary N) is 1. The van der Waals surface area contributed by atoms with Crippen LogP contribution in [0.2, 0.25) is 0 Å². The first-order chi connectivity index (χ1) is 9.08. The zero-order chi connectivity index (χ0) is 13.6. The van der Waals surface area contributed by atoms with Crippen molar-refractivity contribution in [3.63, 3.8) is 0 Å². The largest absolute Gasteiger partial charge is 0.398 e. The normalized spacial score (nSPS) is 14.0. The first-order valence-corrected chi connectivity index (χ1v) is 6.37. The number of fused-ring (bicyclic) bond motifs is 1. The molecule has 7 heteroatoms. The predicted octanol–water partition coefficient (Wildman–Crippen LogP) is 0.815. The predicted molar refractivity (Wildman–Crippen MR) is 70.0 cm³/mol. The fourth-order valence-corrected chi connectivity index (χ4v) is 2.64. The highest BCUT2D eigenvalue weighted by molar-refractivity contribution is 7.07. The zero-order valence-corrected chi connectivity index (χ0v) is 10.5. The van der Waals surface area contributed by atoms with E-state index < -0.39 is 5.91 Å². The summed E-state index contributed by atoms with van der Waals surface area (Å²) in [5.41, 5.74) is 7.10. The van der Waals surface area contributed by atoms with E-state index in [0.29, 0.717) is 11.3 Å². The van der Waals surface area contributed by atoms with Gasteiger partial charge in [0.2, 0.25) is 0 Å². The molecular weight excluding hydrogens is 266 g/mol. The summed E-state index contributed by atoms with van der Waals surface area (Å²) in [6.45, 7) is 0.0462. The molecule has 0 saturated carbocycles. The molecule has 3 rings (SSSR count). The molecule has 3 N–H and O–H groups in total. The number of nitrogen functional groups attached to an aromatic ring is 1. The highest BCUT2D eigenvalue weighted by Crippen LogP contribution is 2.28. The number of hydrogen-bond donors (Lipinski definition) is 2. The highest BCUT2D eigenvalue weighted by Gasteiger charge is 2.37. The molecule has 1 aromatic carbocycles. The lowest BCUT2D eigenvalue weighted by atomic mass is 10.1. The number of carbonyl (C=O) groups is 2. The molecule has 1 aromatic heterocycles. The fraction of sp³-hybridized carbons (Fsp3) is 0.0833. The van der Waals surface area contributed by atoms with Crippen molar-refractivity contribution in [3.05, 3.63) is 50.1 Å². The molecular formula is C12H9N3O3S. The lowest BCUT2D eigenvalue weighted by molar-refractivity contribution is 0.0641. The third-order valence-electron chi connectivity index (χ3n) is 2.93. The third-order valence-corrected chi connectivity index (χ3v) is 3.65. The first kappa shape index (κ1) is 11.7. The van der Waals surface area contributed by atoms with Gasteiger partial charge in [-0.15, -0.1) is 0 Å². The van der Waals surface area contributed by atoms with E-state index in [1.807, 2.05) is 0 Å². The summed E-state index contributed by atoms with van der Waals surface area (Å²) < 4.78 is 0. The van der Waals surface area contributed by atoms with Crippen LogP contribution in [-0.2, 0) is 6.54 Å². The van der Waals surface area contributed by atoms with Crippen LogP contribution in [0.3, 0.4) is 0 Å². The van der Waals surface area contributed by atoms with Crippen molar-refractivity contribution in [1.29, 1.82) is 0 Å². The number of aromatic amines is 1. The van der Waals surface area contributed by atoms with Gasteiger partial charge in [0.25, 0.3) is 11.8 Å². The van der Waals surface area contributed by atoms with Gasteiger partial charge in [-0.2, -0.15) is 0 Å². The van der Waals surface area contributed by atoms with Gasteiger partial charge in [-0.1, -0.05) is 17.4 Å². The van der Waals surface area contributed by atoms with Crippen LogP contribution in [0.4, 0.5) is 5.69 Å². The summed E-state index contributed by atoms with van der Waals surface area (Å²) in [5, 5.41) is 1.59. The molecule has 6 nitrogen and oxygen atoms in total. The van der Waals surface area contributed by atoms with E-state index in [-0.39, 0.29) is 28.6 Å². The molecule has 0 unspecified atom stereocenters. The number of carbonyl (C=O) groups excluding carboxylic acids is 2. The number of imide groups is 1. The number of nitrogens with zero attached hydrogens (tertiary/aromatic N) is 1. The Kier molecular flexibility index (Phi) is 2.49. The number of hydrogen-bond acceptors (Lipinski definition) is 5. The minimum absolute atomic E-state index is 0.0462. The Bertz CT molecular complexity index is 747. The summed E-state index contributed by atoms with van der Waals surface area (Å²) in [5.74, 6) is -0.815. The molecule has 0 atom stereocenters. The minimum atomic E-state index is -0.426. The summed E-state index contributed by atoms with van der Waals surface area (Å²) in [6.07, 6.45) is 0. The van der Waals surface area contributed by atoms with Crippen LogP contribution in [0.25, 0.3) is 0 Å². The van der Waals surface area contributed by atoms with Crippen LogP contribution in [0.1, 0.15) is 26.4 Å². The van der Waals surface area contributed by atoms with Gasteiger partial charge >= 0.3 is 4.87 Å². The Morgan fingerprint density at radius 2 is 2.00 bits per heavy atom. The Balaban J connectivity index is 1.99. The Morgan fingerprint density at radius 3 is 2.63 bits per heavy atom. The molecule has 96 valence electrons. The van der Waals surface area contributed by atoms with Crippen LogP contribution in [-0.4, -0.2) is 21.7 Å². The van der Waals surface area contributed by atoms with Gasteiger partial charge in [0, 0.05) is 16.8 Å². The molecule has 19 heavy (non-hydrogen) atoms. The first-order valence-electron chi connectivity index (χ1n) is 5.49. The van der Waals surface area contributed by atoms with E-state index in [2.05, 4.69) is 4.98 Å². The van der Waals surface area contributed by atoms with Crippen LogP contribution in [0, 0.1) is 0 Å². The molecule has 0 radical (unpaired) electrons. The molecule has 0 bridgehead atoms. The molecule has 2 amide bonds. The number of H-pyrrole nitrogens is 1. The summed E-state index contributed by atoms with van der Waals surface area (Å²) in [7, 11) is 0. The van der Waals surface area contributed by atoms with Crippen LogP contribution in [0.15, 0.2) is 28.4 Å². The van der Waals surface area contributed by atoms with E-state index in [0.717, 1.165) is 16.2 Å². The third kappa shape index (κ3) is 1.75. The number of aromatic nitrogens is 1. The van der Waals surface area contributed by atoms with Gasteiger partial charge < -0.3 is 10.7 Å². The Labute approximate surface area is 111 Å². The maximum atomic E-state index is 12.2. The molecule has 2 heterocycles. The van der Waals surface area contributed by atoms with Crippen molar-refractivity contribution in [2.24, 2.45) is 0 Å². The van der Waals surface area contributed by atoms with Gasteiger partial charge in [0.05, 0.1) is 17.7 Å². The topological polar surface area (TPSA) is 96.3 Å². The summed E-state index contributed by atoms with van der Waals surface area (Å²) in [6, 6.07) is 4.79. The lowest BCUT2D eigenvalue weighted by Crippen LogP contribution is -2.29. The molecule has 2 aromatic rings. The average Bonchev–Trinajstić information content (AvgIpc) is 2.88. The number of thiazole rings is 1. The zero-order valence-electron chi connectivity index (χ0n) is 9.67. The quantitative estimate of drug-likeness (QED) is 0.626. The van der Waals surface area contributed by atoms with Crippen molar-refractivity contribution in [1.82, 2.24) is 9.88 Å². The van der Waals surface area contributed by atoms with Gasteiger partial charge in [0.1, 0.15) is 0 Å². The van der Waals surface area contributed by atoms with Crippen molar-refractivity contribution < 1.29 is 9.59 Å². The number of benzene rings is 1. The Morgan fingerprint density at radius 1 is 1.21 bits per heavy atom. The van der Waals surface area contributed by atoms with Crippen molar-refractivity contribution in [2.75, 3.05) is 5.73 Å². The van der Waals surface area contributed by atoms with Crippen LogP contribution < -0.4 is 10.6 Å². The maximum absolute atomic E-state index is 12.2. The van der Waals surface area contributed by atoms with Crippen molar-refractivity contribution in [3.8, 4) is 0 Å². The molecule has 0 saturated heterocycles. The van der Waals surface area contributed by atoms with Crippen molar-refractivity contribution >= 4 is 28.8 Å². The number of amides is 2. The second kappa shape index (κ2) is 4.06. The van der Waals surface area contributed by atoms with Crippen molar-refractivity contribution in [2.45, 2.75) is 6.54 Å². The van der Waals surface area contributed by atoms with E-state index in [1.165, 1.54) is 0 Å². The van der Waals surface area contributed by atoms with Gasteiger partial charge in [-0.05, 0) is 12.1 Å². The smallest absolute Gasteiger partial charge is 0.304 e. The lowest BCUT2D eigenvalue weighted by Gasteiger charge is -2.11. The fourth-order valence-electron chi connectivity index (χ4n) is 2.07. The molecule has 0 spiro atoms. The Hall–Kier alpha value is -2.41. The van der Waals surface area contributed by atoms with E-state index >= 15 is 0 Å². The molecule has 1 aliphatic rings. The summed E-state index contributed by atoms with van der Waals surface area (Å²) in [4.78, 5) is 38.8. The molecule has 0 fully saturated rings. The van der Waals surface area contributed by atoms with Crippen LogP contribution >= 0.6 is 11.3 Å². The number of nitrogens with two attached hydrogens (primary N) is 1. The second-order valence-corrected chi connectivity index (χ2v) is 4.98. The maximum Gasteiger partial charge on any atom is 0.304 e. The van der Waals surface area contributed by atoms with E-state index in [4.69, 9.17) is 5.73 Å². The standard InChI is InChI=1S/C12H9N3O3S/c13-8-3-1-2-7-9(8)11(17)15(10(7)16)4-6-5-19-12(18)14-6/h1-3,5H,4,13H2,(H,14,18). The van der Waals surface area contributed by atoms with Crippen LogP contribution in [0.5, 0.6) is 0 Å². The minimum Gasteiger partial charge on any atom is -0.398 e. The molecule has 1 aliphatic heterocycles. The number of anilines is 1. The average molecular weight is 275 g/mol. The van der Waals surface area contributed by atoms with E-state index in [9.17, 15) is 14.4 Å². The second-order valence-electron chi connectivity index (χ2n) is 4.14.